The third-order valence-electron chi connectivity index (χ3n) is 5.12. The lowest BCUT2D eigenvalue weighted by atomic mass is 10.1. The first-order valence-corrected chi connectivity index (χ1v) is 9.89. The van der Waals surface area contributed by atoms with Crippen molar-refractivity contribution in [1.29, 1.82) is 0 Å². The van der Waals surface area contributed by atoms with Gasteiger partial charge in [-0.3, -0.25) is 9.59 Å². The van der Waals surface area contributed by atoms with Crippen LogP contribution in [-0.4, -0.2) is 37.8 Å². The van der Waals surface area contributed by atoms with Crippen LogP contribution in [0.2, 0.25) is 5.02 Å². The fourth-order valence-corrected chi connectivity index (χ4v) is 3.86. The molecule has 8 heteroatoms. The van der Waals surface area contributed by atoms with E-state index < -0.39 is 11.3 Å². The molecule has 156 valence electrons. The van der Waals surface area contributed by atoms with Crippen molar-refractivity contribution in [1.82, 2.24) is 9.88 Å². The van der Waals surface area contributed by atoms with Crippen molar-refractivity contribution in [2.75, 3.05) is 27.4 Å². The van der Waals surface area contributed by atoms with Gasteiger partial charge in [0.15, 0.2) is 11.5 Å². The average molecular weight is 429 g/mol. The number of carbonyl (C=O) groups is 1. The summed E-state index contributed by atoms with van der Waals surface area (Å²) in [6.07, 6.45) is 2.16. The summed E-state index contributed by atoms with van der Waals surface area (Å²) in [7, 11) is 3.15. The molecule has 0 atom stereocenters. The number of methoxy groups -OCH3 is 2. The molecule has 1 amide bonds. The average Bonchev–Trinajstić information content (AvgIpc) is 2.76. The van der Waals surface area contributed by atoms with Gasteiger partial charge in [-0.2, -0.15) is 0 Å². The van der Waals surface area contributed by atoms with Crippen LogP contribution in [0.5, 0.6) is 17.2 Å². The van der Waals surface area contributed by atoms with Crippen LogP contribution in [0.25, 0.3) is 10.9 Å². The molecule has 30 heavy (non-hydrogen) atoms. The van der Waals surface area contributed by atoms with E-state index >= 15 is 0 Å². The molecule has 7 nitrogen and oxygen atoms in total. The second kappa shape index (κ2) is 8.28. The van der Waals surface area contributed by atoms with E-state index in [1.807, 2.05) is 22.8 Å². The summed E-state index contributed by atoms with van der Waals surface area (Å²) in [5.41, 5.74) is 1.27. The topological polar surface area (TPSA) is 78.8 Å². The van der Waals surface area contributed by atoms with Crippen LogP contribution in [0, 0.1) is 0 Å². The first-order chi connectivity index (χ1) is 14.5. The summed E-state index contributed by atoms with van der Waals surface area (Å²) in [6, 6.07) is 8.95. The molecule has 0 unspecified atom stereocenters. The van der Waals surface area contributed by atoms with E-state index in [9.17, 15) is 9.59 Å². The van der Waals surface area contributed by atoms with Crippen LogP contribution in [-0.2, 0) is 13.0 Å². The lowest BCUT2D eigenvalue weighted by Crippen LogP contribution is -2.32. The Hall–Kier alpha value is -3.19. The summed E-state index contributed by atoms with van der Waals surface area (Å²) < 4.78 is 18.0. The SMILES string of the molecule is COc1ccc(CCNC(=O)c2cn3c4c(ccc(Cl)c4c2=O)OCC3)cc1OC. The zero-order valence-electron chi connectivity index (χ0n) is 16.7. The number of amides is 1. The van der Waals surface area contributed by atoms with Gasteiger partial charge in [-0.25, -0.2) is 0 Å². The molecule has 0 spiro atoms. The maximum atomic E-state index is 13.0. The molecule has 0 saturated carbocycles. The number of rotatable bonds is 6. The number of ether oxygens (including phenoxy) is 3. The van der Waals surface area contributed by atoms with Crippen LogP contribution in [0.15, 0.2) is 41.3 Å². The Bertz CT molecular complexity index is 1190. The number of hydrogen-bond donors (Lipinski definition) is 1. The number of nitrogens with one attached hydrogen (secondary N) is 1. The van der Waals surface area contributed by atoms with Gasteiger partial charge in [0.05, 0.1) is 36.7 Å². The van der Waals surface area contributed by atoms with E-state index in [0.29, 0.717) is 59.3 Å². The summed E-state index contributed by atoms with van der Waals surface area (Å²) in [4.78, 5) is 25.7. The molecule has 1 aliphatic heterocycles. The van der Waals surface area contributed by atoms with Gasteiger partial charge in [0, 0.05) is 12.7 Å². The number of hydrogen-bond acceptors (Lipinski definition) is 5. The van der Waals surface area contributed by atoms with Crippen molar-refractivity contribution >= 4 is 28.4 Å². The molecule has 0 saturated heterocycles. The van der Waals surface area contributed by atoms with Gasteiger partial charge in [0.25, 0.3) is 5.91 Å². The van der Waals surface area contributed by atoms with Crippen molar-refractivity contribution in [2.45, 2.75) is 13.0 Å². The molecule has 0 aliphatic carbocycles. The Morgan fingerprint density at radius 3 is 2.77 bits per heavy atom. The van der Waals surface area contributed by atoms with Gasteiger partial charge in [0.2, 0.25) is 5.43 Å². The Labute approximate surface area is 178 Å². The lowest BCUT2D eigenvalue weighted by Gasteiger charge is -2.22. The Morgan fingerprint density at radius 1 is 1.20 bits per heavy atom. The van der Waals surface area contributed by atoms with E-state index in [1.54, 1.807) is 32.5 Å². The number of benzene rings is 2. The van der Waals surface area contributed by atoms with Crippen LogP contribution in [0.3, 0.4) is 0 Å². The summed E-state index contributed by atoms with van der Waals surface area (Å²) >= 11 is 6.28. The minimum absolute atomic E-state index is 0.0655. The highest BCUT2D eigenvalue weighted by Gasteiger charge is 2.22. The lowest BCUT2D eigenvalue weighted by molar-refractivity contribution is 0.0952. The molecule has 1 N–H and O–H groups in total. The number of pyridine rings is 1. The molecule has 2 heterocycles. The van der Waals surface area contributed by atoms with Crippen molar-refractivity contribution in [3.8, 4) is 17.2 Å². The highest BCUT2D eigenvalue weighted by atomic mass is 35.5. The molecule has 0 bridgehead atoms. The fourth-order valence-electron chi connectivity index (χ4n) is 3.62. The third kappa shape index (κ3) is 3.57. The van der Waals surface area contributed by atoms with Crippen LogP contribution < -0.4 is 25.0 Å². The van der Waals surface area contributed by atoms with Gasteiger partial charge < -0.3 is 24.1 Å². The van der Waals surface area contributed by atoms with E-state index in [-0.39, 0.29) is 5.56 Å². The molecule has 4 rings (SSSR count). The predicted octanol–water partition coefficient (Wildman–Crippen LogP) is 3.04. The van der Waals surface area contributed by atoms with E-state index in [4.69, 9.17) is 25.8 Å². The van der Waals surface area contributed by atoms with Gasteiger partial charge >= 0.3 is 0 Å². The highest BCUT2D eigenvalue weighted by molar-refractivity contribution is 6.35. The van der Waals surface area contributed by atoms with Crippen molar-refractivity contribution in [3.63, 3.8) is 0 Å². The highest BCUT2D eigenvalue weighted by Crippen LogP contribution is 2.32. The minimum atomic E-state index is -0.431. The van der Waals surface area contributed by atoms with E-state index in [0.717, 1.165) is 5.56 Å². The maximum Gasteiger partial charge on any atom is 0.256 e. The fraction of sp³-hybridized carbons (Fsp3) is 0.273. The molecule has 1 aliphatic rings. The van der Waals surface area contributed by atoms with Gasteiger partial charge in [0.1, 0.15) is 17.9 Å². The third-order valence-corrected chi connectivity index (χ3v) is 5.43. The molecular weight excluding hydrogens is 408 g/mol. The Balaban J connectivity index is 1.55. The summed E-state index contributed by atoms with van der Waals surface area (Å²) in [6.45, 7) is 1.37. The number of carbonyl (C=O) groups excluding carboxylic acids is 1. The quantitative estimate of drug-likeness (QED) is 0.653. The maximum absolute atomic E-state index is 13.0. The van der Waals surface area contributed by atoms with Crippen LogP contribution >= 0.6 is 11.6 Å². The van der Waals surface area contributed by atoms with E-state index in [1.165, 1.54) is 0 Å². The van der Waals surface area contributed by atoms with Gasteiger partial charge in [-0.1, -0.05) is 17.7 Å². The predicted molar refractivity (Wildman–Crippen MR) is 114 cm³/mol. The molecular formula is C22H21ClN2O5. The Kier molecular flexibility index (Phi) is 5.55. The van der Waals surface area contributed by atoms with Crippen molar-refractivity contribution in [3.05, 3.63) is 62.9 Å². The molecule has 3 aromatic rings. The minimum Gasteiger partial charge on any atom is -0.493 e. The normalized spacial score (nSPS) is 12.4. The zero-order chi connectivity index (χ0) is 21.3. The van der Waals surface area contributed by atoms with Crippen LogP contribution in [0.4, 0.5) is 0 Å². The van der Waals surface area contributed by atoms with Crippen molar-refractivity contribution < 1.29 is 19.0 Å². The number of halogens is 1. The summed E-state index contributed by atoms with van der Waals surface area (Å²) in [5.74, 6) is 1.43. The van der Waals surface area contributed by atoms with Gasteiger partial charge in [-0.05, 0) is 36.2 Å². The monoisotopic (exact) mass is 428 g/mol. The standard InChI is InChI=1S/C22H21ClN2O5/c1-28-16-5-3-13(11-18(16)29-2)7-8-24-22(27)14-12-25-9-10-30-17-6-4-15(23)19(20(17)25)21(14)26/h3-6,11-12H,7-10H2,1-2H3,(H,24,27). The molecule has 0 fully saturated rings. The van der Waals surface area contributed by atoms with Gasteiger partial charge in [-0.15, -0.1) is 0 Å². The second-order valence-electron chi connectivity index (χ2n) is 6.88. The number of aromatic nitrogens is 1. The first kappa shape index (κ1) is 20.1. The largest absolute Gasteiger partial charge is 0.493 e. The molecule has 2 aromatic carbocycles. The smallest absolute Gasteiger partial charge is 0.256 e. The Morgan fingerprint density at radius 2 is 2.00 bits per heavy atom. The van der Waals surface area contributed by atoms with E-state index in [2.05, 4.69) is 5.32 Å². The molecule has 0 radical (unpaired) electrons. The second-order valence-corrected chi connectivity index (χ2v) is 7.29. The number of nitrogens with zero attached hydrogens (tertiary/aromatic N) is 1. The summed E-state index contributed by atoms with van der Waals surface area (Å²) in [5, 5.41) is 3.43. The first-order valence-electron chi connectivity index (χ1n) is 9.51. The van der Waals surface area contributed by atoms with Crippen molar-refractivity contribution in [2.24, 2.45) is 0 Å². The molecule has 1 aromatic heterocycles. The zero-order valence-corrected chi connectivity index (χ0v) is 17.4. The van der Waals surface area contributed by atoms with Crippen LogP contribution in [0.1, 0.15) is 15.9 Å².